The molecule has 0 bridgehead atoms. The maximum atomic E-state index is 11.1. The minimum absolute atomic E-state index is 0.324. The van der Waals surface area contributed by atoms with Crippen molar-refractivity contribution in [2.45, 2.75) is 141 Å². The predicted octanol–water partition coefficient (Wildman–Crippen LogP) is 8.52. The maximum absolute atomic E-state index is 11.1. The summed E-state index contributed by atoms with van der Waals surface area (Å²) in [5, 5.41) is 0. The van der Waals surface area contributed by atoms with Gasteiger partial charge < -0.3 is 18.9 Å². The lowest BCUT2D eigenvalue weighted by Gasteiger charge is -2.42. The molecule has 6 heteroatoms. The Morgan fingerprint density at radius 1 is 0.524 bits per heavy atom. The van der Waals surface area contributed by atoms with E-state index in [0.717, 1.165) is 88.3 Å². The van der Waals surface area contributed by atoms with Crippen molar-refractivity contribution >= 4 is 11.9 Å². The number of rotatable bonds is 21. The zero-order chi connectivity index (χ0) is 29.8. The quantitative estimate of drug-likeness (QED) is 0.0760. The van der Waals surface area contributed by atoms with Gasteiger partial charge in [-0.15, -0.1) is 0 Å². The van der Waals surface area contributed by atoms with Crippen LogP contribution in [0.15, 0.2) is 25.3 Å². The standard InChI is InChI=1S/C36H60O6/c1-3-35(37)41-25-11-7-5-9-23-39-33-20-16-29(17-21-33)13-14-30-15-18-32-28-34(22-19-31(32)27-30)40-24-10-6-8-12-26-42-36(38)4-2/h3-4,29-34H,1-2,5-28H2. The van der Waals surface area contributed by atoms with Crippen molar-refractivity contribution in [3.63, 3.8) is 0 Å². The van der Waals surface area contributed by atoms with Gasteiger partial charge in [-0.3, -0.25) is 0 Å². The summed E-state index contributed by atoms with van der Waals surface area (Å²) in [5.41, 5.74) is 0. The van der Waals surface area contributed by atoms with Gasteiger partial charge in [0.25, 0.3) is 0 Å². The Morgan fingerprint density at radius 3 is 1.57 bits per heavy atom. The lowest BCUT2D eigenvalue weighted by atomic mass is 9.65. The van der Waals surface area contributed by atoms with E-state index in [2.05, 4.69) is 13.2 Å². The number of carbonyl (C=O) groups excluding carboxylic acids is 2. The minimum atomic E-state index is -0.326. The smallest absolute Gasteiger partial charge is 0.330 e. The van der Waals surface area contributed by atoms with Crippen molar-refractivity contribution in [3.05, 3.63) is 25.3 Å². The van der Waals surface area contributed by atoms with Crippen molar-refractivity contribution in [1.29, 1.82) is 0 Å². The van der Waals surface area contributed by atoms with Gasteiger partial charge in [0.15, 0.2) is 0 Å². The van der Waals surface area contributed by atoms with Crippen molar-refractivity contribution in [1.82, 2.24) is 0 Å². The summed E-state index contributed by atoms with van der Waals surface area (Å²) < 4.78 is 22.5. The fourth-order valence-electron chi connectivity index (χ4n) is 7.49. The van der Waals surface area contributed by atoms with Crippen molar-refractivity contribution in [2.24, 2.45) is 23.7 Å². The number of hydrogen-bond donors (Lipinski definition) is 0. The van der Waals surface area contributed by atoms with Crippen molar-refractivity contribution in [3.8, 4) is 0 Å². The molecule has 0 aromatic rings. The minimum Gasteiger partial charge on any atom is -0.463 e. The molecule has 3 fully saturated rings. The Bertz CT molecular complexity index is 773. The largest absolute Gasteiger partial charge is 0.463 e. The van der Waals surface area contributed by atoms with E-state index in [0.29, 0.717) is 25.4 Å². The first-order valence-corrected chi connectivity index (χ1v) is 17.4. The molecule has 0 heterocycles. The SMILES string of the molecule is C=CC(=O)OCCCCCCOC1CCC(CCC2CCC3CC(OCCCCCCOC(=O)C=C)CCC3C2)CC1. The van der Waals surface area contributed by atoms with Crippen LogP contribution in [0.2, 0.25) is 0 Å². The molecule has 3 rings (SSSR count). The maximum Gasteiger partial charge on any atom is 0.330 e. The molecule has 0 aromatic heterocycles. The molecule has 0 N–H and O–H groups in total. The molecule has 42 heavy (non-hydrogen) atoms. The monoisotopic (exact) mass is 588 g/mol. The van der Waals surface area contributed by atoms with Gasteiger partial charge in [0.2, 0.25) is 0 Å². The van der Waals surface area contributed by atoms with E-state index >= 15 is 0 Å². The lowest BCUT2D eigenvalue weighted by Crippen LogP contribution is -2.34. The molecule has 0 aliphatic heterocycles. The van der Waals surface area contributed by atoms with Crippen LogP contribution in [0.1, 0.15) is 128 Å². The number of esters is 2. The van der Waals surface area contributed by atoms with Crippen LogP contribution in [0.3, 0.4) is 0 Å². The number of fused-ring (bicyclic) bond motifs is 1. The van der Waals surface area contributed by atoms with E-state index in [9.17, 15) is 9.59 Å². The summed E-state index contributed by atoms with van der Waals surface area (Å²) in [6.07, 6.45) is 28.1. The van der Waals surface area contributed by atoms with E-state index in [1.54, 1.807) is 0 Å². The third kappa shape index (κ3) is 14.2. The molecule has 0 spiro atoms. The van der Waals surface area contributed by atoms with Gasteiger partial charge in [0.1, 0.15) is 0 Å². The summed E-state index contributed by atoms with van der Waals surface area (Å²) in [6, 6.07) is 0. The van der Waals surface area contributed by atoms with E-state index in [-0.39, 0.29) is 11.9 Å². The molecule has 3 aliphatic rings. The Kier molecular flexibility index (Phi) is 17.5. The highest BCUT2D eigenvalue weighted by Crippen LogP contribution is 2.45. The molecule has 0 amide bonds. The van der Waals surface area contributed by atoms with Crippen LogP contribution < -0.4 is 0 Å². The zero-order valence-corrected chi connectivity index (χ0v) is 26.5. The Labute approximate surface area is 256 Å². The van der Waals surface area contributed by atoms with Crippen LogP contribution in [0.4, 0.5) is 0 Å². The van der Waals surface area contributed by atoms with Crippen molar-refractivity contribution < 1.29 is 28.5 Å². The molecular formula is C36H60O6. The molecule has 0 radical (unpaired) electrons. The Hall–Kier alpha value is -1.66. The first-order chi connectivity index (χ1) is 20.6. The van der Waals surface area contributed by atoms with Crippen LogP contribution in [-0.2, 0) is 28.5 Å². The second-order valence-corrected chi connectivity index (χ2v) is 13.2. The summed E-state index contributed by atoms with van der Waals surface area (Å²) >= 11 is 0. The van der Waals surface area contributed by atoms with Gasteiger partial charge in [-0.25, -0.2) is 9.59 Å². The Morgan fingerprint density at radius 2 is 0.976 bits per heavy atom. The molecule has 4 unspecified atom stereocenters. The third-order valence-corrected chi connectivity index (χ3v) is 10.1. The molecule has 3 aliphatic carbocycles. The summed E-state index contributed by atoms with van der Waals surface area (Å²) in [7, 11) is 0. The fraction of sp³-hybridized carbons (Fsp3) is 0.833. The average Bonchev–Trinajstić information content (AvgIpc) is 3.02. The predicted molar refractivity (Wildman–Crippen MR) is 168 cm³/mol. The Balaban J connectivity index is 1.14. The number of carbonyl (C=O) groups is 2. The number of ether oxygens (including phenoxy) is 4. The van der Waals surface area contributed by atoms with Gasteiger partial charge in [0.05, 0.1) is 25.4 Å². The van der Waals surface area contributed by atoms with Crippen molar-refractivity contribution in [2.75, 3.05) is 26.4 Å². The number of hydrogen-bond acceptors (Lipinski definition) is 6. The average molecular weight is 589 g/mol. The normalized spacial score (nSPS) is 27.5. The van der Waals surface area contributed by atoms with Gasteiger partial charge in [-0.2, -0.15) is 0 Å². The third-order valence-electron chi connectivity index (χ3n) is 10.1. The highest BCUT2D eigenvalue weighted by atomic mass is 16.5. The molecule has 3 saturated carbocycles. The second-order valence-electron chi connectivity index (χ2n) is 13.2. The van der Waals surface area contributed by atoms with Crippen LogP contribution in [-0.4, -0.2) is 50.6 Å². The van der Waals surface area contributed by atoms with Crippen LogP contribution >= 0.6 is 0 Å². The zero-order valence-electron chi connectivity index (χ0n) is 26.5. The molecule has 0 saturated heterocycles. The molecule has 6 nitrogen and oxygen atoms in total. The molecular weight excluding hydrogens is 528 g/mol. The van der Waals surface area contributed by atoms with Crippen LogP contribution in [0, 0.1) is 23.7 Å². The van der Waals surface area contributed by atoms with E-state index in [4.69, 9.17) is 18.9 Å². The summed E-state index contributed by atoms with van der Waals surface area (Å²) in [5.74, 6) is 3.04. The van der Waals surface area contributed by atoms with Gasteiger partial charge in [-0.1, -0.05) is 45.3 Å². The first kappa shape index (κ1) is 34.8. The second kappa shape index (κ2) is 21.1. The first-order valence-electron chi connectivity index (χ1n) is 17.4. The number of unbranched alkanes of at least 4 members (excludes halogenated alkanes) is 6. The summed E-state index contributed by atoms with van der Waals surface area (Å²) in [6.45, 7) is 9.57. The van der Waals surface area contributed by atoms with E-state index in [1.807, 2.05) is 0 Å². The van der Waals surface area contributed by atoms with Gasteiger partial charge in [-0.05, 0) is 120 Å². The summed E-state index contributed by atoms with van der Waals surface area (Å²) in [4.78, 5) is 22.1. The molecule has 240 valence electrons. The molecule has 4 atom stereocenters. The topological polar surface area (TPSA) is 71.1 Å². The fourth-order valence-corrected chi connectivity index (χ4v) is 7.49. The van der Waals surface area contributed by atoms with E-state index < -0.39 is 0 Å². The van der Waals surface area contributed by atoms with E-state index in [1.165, 1.54) is 89.2 Å². The van der Waals surface area contributed by atoms with Crippen LogP contribution in [0.25, 0.3) is 0 Å². The van der Waals surface area contributed by atoms with Gasteiger partial charge in [0, 0.05) is 25.4 Å². The van der Waals surface area contributed by atoms with Gasteiger partial charge >= 0.3 is 11.9 Å². The lowest BCUT2D eigenvalue weighted by molar-refractivity contribution is -0.138. The highest BCUT2D eigenvalue weighted by Gasteiger charge is 2.36. The highest BCUT2D eigenvalue weighted by molar-refractivity contribution is 5.81. The molecule has 0 aromatic carbocycles. The van der Waals surface area contributed by atoms with Crippen LogP contribution in [0.5, 0.6) is 0 Å².